The molecule has 3 atom stereocenters. The fourth-order valence-corrected chi connectivity index (χ4v) is 5.43. The molecule has 2 aliphatic carbocycles. The molecule has 3 unspecified atom stereocenters. The number of nitrogens with one attached hydrogen (secondary N) is 3. The van der Waals surface area contributed by atoms with Crippen molar-refractivity contribution in [1.82, 2.24) is 31.1 Å². The summed E-state index contributed by atoms with van der Waals surface area (Å²) in [4.78, 5) is 29.1. The fraction of sp³-hybridized carbons (Fsp3) is 0.625. The van der Waals surface area contributed by atoms with E-state index in [0.29, 0.717) is 30.3 Å². The molecule has 0 bridgehead atoms. The van der Waals surface area contributed by atoms with Gasteiger partial charge < -0.3 is 15.1 Å². The van der Waals surface area contributed by atoms with Gasteiger partial charge in [0.15, 0.2) is 0 Å². The van der Waals surface area contributed by atoms with Gasteiger partial charge in [-0.2, -0.15) is 0 Å². The van der Waals surface area contributed by atoms with E-state index in [4.69, 9.17) is 4.42 Å². The van der Waals surface area contributed by atoms with E-state index in [9.17, 15) is 9.59 Å². The molecule has 1 aliphatic heterocycles. The first-order valence-electron chi connectivity index (χ1n) is 12.3. The van der Waals surface area contributed by atoms with Crippen LogP contribution in [0.3, 0.4) is 0 Å². The van der Waals surface area contributed by atoms with Crippen LogP contribution in [0.2, 0.25) is 0 Å². The third kappa shape index (κ3) is 5.24. The Morgan fingerprint density at radius 1 is 1.09 bits per heavy atom. The van der Waals surface area contributed by atoms with E-state index in [-0.39, 0.29) is 41.9 Å². The molecule has 9 nitrogen and oxygen atoms in total. The lowest BCUT2D eigenvalue weighted by molar-refractivity contribution is -0.131. The summed E-state index contributed by atoms with van der Waals surface area (Å²) in [6.45, 7) is 0. The largest absolute Gasteiger partial charge is 0.419 e. The maximum Gasteiger partial charge on any atom is 0.266 e. The number of aromatic nitrogens is 3. The SMILES string of the molecule is O=C(CCC1NC(=O)C2CCCCC2N1)NC1CCC(c2nnc(-c3ccccn3)o2)CC1. The lowest BCUT2D eigenvalue weighted by atomic mass is 9.82. The van der Waals surface area contributed by atoms with Gasteiger partial charge >= 0.3 is 0 Å². The Hall–Kier alpha value is -2.81. The zero-order valence-corrected chi connectivity index (χ0v) is 18.8. The van der Waals surface area contributed by atoms with Gasteiger partial charge in [-0.15, -0.1) is 10.2 Å². The highest BCUT2D eigenvalue weighted by Crippen LogP contribution is 2.33. The summed E-state index contributed by atoms with van der Waals surface area (Å²) in [5.41, 5.74) is 0.680. The number of amides is 2. The van der Waals surface area contributed by atoms with Crippen LogP contribution in [0.1, 0.15) is 76.0 Å². The van der Waals surface area contributed by atoms with Gasteiger partial charge in [-0.1, -0.05) is 18.9 Å². The number of hydrogen-bond acceptors (Lipinski definition) is 7. The molecule has 176 valence electrons. The van der Waals surface area contributed by atoms with E-state index in [0.717, 1.165) is 44.9 Å². The number of nitrogens with zero attached hydrogens (tertiary/aromatic N) is 3. The van der Waals surface area contributed by atoms with Gasteiger partial charge in [-0.25, -0.2) is 0 Å². The molecular formula is C24H32N6O3. The van der Waals surface area contributed by atoms with Crippen molar-refractivity contribution >= 4 is 11.8 Å². The number of fused-ring (bicyclic) bond motifs is 1. The van der Waals surface area contributed by atoms with Gasteiger partial charge in [0.25, 0.3) is 5.89 Å². The second kappa shape index (κ2) is 9.99. The summed E-state index contributed by atoms with van der Waals surface area (Å²) in [6, 6.07) is 6.03. The number of carbonyl (C=O) groups excluding carboxylic acids is 2. The number of pyridine rings is 1. The van der Waals surface area contributed by atoms with Crippen LogP contribution >= 0.6 is 0 Å². The van der Waals surface area contributed by atoms with Gasteiger partial charge in [-0.3, -0.25) is 19.9 Å². The fourth-order valence-electron chi connectivity index (χ4n) is 5.43. The average molecular weight is 453 g/mol. The van der Waals surface area contributed by atoms with Gasteiger partial charge in [0.1, 0.15) is 5.69 Å². The van der Waals surface area contributed by atoms with Crippen molar-refractivity contribution in [3.05, 3.63) is 30.3 Å². The van der Waals surface area contributed by atoms with E-state index in [1.165, 1.54) is 6.42 Å². The molecule has 0 spiro atoms. The van der Waals surface area contributed by atoms with Crippen molar-refractivity contribution in [2.45, 2.75) is 88.4 Å². The van der Waals surface area contributed by atoms with E-state index in [2.05, 4.69) is 31.1 Å². The van der Waals surface area contributed by atoms with Gasteiger partial charge in [0.05, 0.1) is 12.1 Å². The molecule has 5 rings (SSSR count). The van der Waals surface area contributed by atoms with E-state index < -0.39 is 0 Å². The Bertz CT molecular complexity index is 956. The van der Waals surface area contributed by atoms with Gasteiger partial charge in [-0.05, 0) is 57.1 Å². The van der Waals surface area contributed by atoms with Crippen molar-refractivity contribution < 1.29 is 14.0 Å². The van der Waals surface area contributed by atoms with Crippen LogP contribution < -0.4 is 16.0 Å². The average Bonchev–Trinajstić information content (AvgIpc) is 3.34. The van der Waals surface area contributed by atoms with E-state index in [1.807, 2.05) is 18.2 Å². The molecule has 3 aliphatic rings. The minimum atomic E-state index is -0.107. The minimum absolute atomic E-state index is 0.0514. The lowest BCUT2D eigenvalue weighted by Crippen LogP contribution is -2.62. The van der Waals surface area contributed by atoms with Gasteiger partial charge in [0, 0.05) is 30.6 Å². The Morgan fingerprint density at radius 3 is 2.76 bits per heavy atom. The van der Waals surface area contributed by atoms with Crippen LogP contribution in [-0.2, 0) is 9.59 Å². The molecule has 3 fully saturated rings. The number of carbonyl (C=O) groups is 2. The molecule has 2 aromatic rings. The summed E-state index contributed by atoms with van der Waals surface area (Å²) in [5.74, 6) is 1.61. The monoisotopic (exact) mass is 452 g/mol. The highest BCUT2D eigenvalue weighted by molar-refractivity contribution is 5.81. The first kappa shape index (κ1) is 22.0. The molecule has 3 N–H and O–H groups in total. The summed E-state index contributed by atoms with van der Waals surface area (Å²) in [7, 11) is 0. The maximum atomic E-state index is 12.5. The van der Waals surface area contributed by atoms with E-state index in [1.54, 1.807) is 6.20 Å². The predicted molar refractivity (Wildman–Crippen MR) is 121 cm³/mol. The topological polar surface area (TPSA) is 122 Å². The smallest absolute Gasteiger partial charge is 0.266 e. The molecule has 2 aromatic heterocycles. The third-order valence-corrected chi connectivity index (χ3v) is 7.26. The quantitative estimate of drug-likeness (QED) is 0.616. The van der Waals surface area contributed by atoms with Crippen molar-refractivity contribution in [3.63, 3.8) is 0 Å². The number of hydrogen-bond donors (Lipinski definition) is 3. The summed E-state index contributed by atoms with van der Waals surface area (Å²) < 4.78 is 5.86. The summed E-state index contributed by atoms with van der Waals surface area (Å²) in [5, 5.41) is 18.1. The minimum Gasteiger partial charge on any atom is -0.419 e. The molecule has 0 aromatic carbocycles. The highest BCUT2D eigenvalue weighted by Gasteiger charge is 2.37. The van der Waals surface area contributed by atoms with Crippen LogP contribution in [-0.4, -0.2) is 45.2 Å². The maximum absolute atomic E-state index is 12.5. The second-order valence-electron chi connectivity index (χ2n) is 9.54. The molecule has 3 heterocycles. The summed E-state index contributed by atoms with van der Waals surface area (Å²) >= 11 is 0. The molecule has 33 heavy (non-hydrogen) atoms. The zero-order chi connectivity index (χ0) is 22.6. The third-order valence-electron chi connectivity index (χ3n) is 7.26. The molecular weight excluding hydrogens is 420 g/mol. The van der Waals surface area contributed by atoms with E-state index >= 15 is 0 Å². The van der Waals surface area contributed by atoms with Crippen molar-refractivity contribution in [2.24, 2.45) is 5.92 Å². The van der Waals surface area contributed by atoms with Crippen LogP contribution in [0, 0.1) is 5.92 Å². The standard InChI is InChI=1S/C24H32N6O3/c31-21(13-12-20-27-18-6-2-1-5-17(18)22(32)28-20)26-16-10-8-15(9-11-16)23-29-30-24(33-23)19-7-3-4-14-25-19/h3-4,7,14-18,20,27H,1-2,5-6,8-13H2,(H,26,31)(H,28,32). The van der Waals surface area contributed by atoms with Crippen molar-refractivity contribution in [3.8, 4) is 11.6 Å². The van der Waals surface area contributed by atoms with Gasteiger partial charge in [0.2, 0.25) is 17.7 Å². The Labute approximate surface area is 193 Å². The zero-order valence-electron chi connectivity index (χ0n) is 18.8. The predicted octanol–water partition coefficient (Wildman–Crippen LogP) is 2.66. The van der Waals surface area contributed by atoms with Crippen LogP contribution in [0.25, 0.3) is 11.6 Å². The van der Waals surface area contributed by atoms with Crippen LogP contribution in [0.15, 0.2) is 28.8 Å². The molecule has 2 saturated carbocycles. The number of rotatable bonds is 6. The van der Waals surface area contributed by atoms with Crippen LogP contribution in [0.5, 0.6) is 0 Å². The molecule has 9 heteroatoms. The van der Waals surface area contributed by atoms with Crippen molar-refractivity contribution in [1.29, 1.82) is 0 Å². The first-order chi connectivity index (χ1) is 16.2. The second-order valence-corrected chi connectivity index (χ2v) is 9.54. The molecule has 2 amide bonds. The van der Waals surface area contributed by atoms with Crippen LogP contribution in [0.4, 0.5) is 0 Å². The lowest BCUT2D eigenvalue weighted by Gasteiger charge is -2.40. The Morgan fingerprint density at radius 2 is 1.94 bits per heavy atom. The molecule has 1 saturated heterocycles. The highest BCUT2D eigenvalue weighted by atomic mass is 16.4. The molecule has 0 radical (unpaired) electrons. The van der Waals surface area contributed by atoms with Crippen molar-refractivity contribution in [2.75, 3.05) is 0 Å². The first-order valence-corrected chi connectivity index (χ1v) is 12.3. The Kier molecular flexibility index (Phi) is 6.66. The normalized spacial score (nSPS) is 29.7. The summed E-state index contributed by atoms with van der Waals surface area (Å²) in [6.07, 6.45) is 10.5. The Balaban J connectivity index is 1.05.